The highest BCUT2D eigenvalue weighted by Gasteiger charge is 2.51. The maximum atomic E-state index is 5.56. The van der Waals surface area contributed by atoms with Gasteiger partial charge in [0.25, 0.3) is 0 Å². The van der Waals surface area contributed by atoms with Gasteiger partial charge in [0.1, 0.15) is 0 Å². The van der Waals surface area contributed by atoms with Gasteiger partial charge in [0.2, 0.25) is 0 Å². The molecule has 2 aliphatic carbocycles. The first-order chi connectivity index (χ1) is 32.3. The Labute approximate surface area is 374 Å². The minimum atomic E-state index is -0.425. The Kier molecular flexibility index (Phi) is 6.88. The summed E-state index contributed by atoms with van der Waals surface area (Å²) in [7, 11) is 0. The summed E-state index contributed by atoms with van der Waals surface area (Å²) in [5.74, 6) is 0. The predicted octanol–water partition coefficient (Wildman–Crippen LogP) is 15.6. The fraction of sp³-hybridized carbons (Fsp3) is 0.0161. The molecule has 15 rings (SSSR count). The minimum absolute atomic E-state index is 0.425. The number of rotatable bonds is 3. The van der Waals surface area contributed by atoms with Gasteiger partial charge in [-0.2, -0.15) is 0 Å². The summed E-state index contributed by atoms with van der Waals surface area (Å²) in [6.45, 7) is 0. The van der Waals surface area contributed by atoms with Crippen molar-refractivity contribution in [3.05, 3.63) is 247 Å². The van der Waals surface area contributed by atoms with Crippen molar-refractivity contribution in [2.75, 3.05) is 0 Å². The van der Waals surface area contributed by atoms with Gasteiger partial charge in [-0.3, -0.25) is 0 Å². The van der Waals surface area contributed by atoms with E-state index in [-0.39, 0.29) is 0 Å². The third kappa shape index (κ3) is 4.51. The van der Waals surface area contributed by atoms with Gasteiger partial charge in [0.15, 0.2) is 0 Å². The lowest BCUT2D eigenvalue weighted by atomic mass is 9.70. The molecule has 0 saturated carbocycles. The highest BCUT2D eigenvalue weighted by molar-refractivity contribution is 6.19. The van der Waals surface area contributed by atoms with Crippen LogP contribution in [-0.2, 0) is 5.41 Å². The molecule has 0 saturated heterocycles. The van der Waals surface area contributed by atoms with Crippen LogP contribution in [0.1, 0.15) is 22.3 Å². The highest BCUT2D eigenvalue weighted by Crippen LogP contribution is 2.63. The SMILES string of the molecule is c1ccc(-n2c3ccccc3c3cc4c5ccccc5n(-c5cccc(-c6nc7ccccc7c7cc8c(cc67)-c6ccccc6C86c7ccccc7-c7ccccc76)c5)c4cc32)cc1. The zero-order valence-electron chi connectivity index (χ0n) is 35.2. The maximum Gasteiger partial charge on any atom is 0.0789 e. The van der Waals surface area contributed by atoms with Crippen molar-refractivity contribution < 1.29 is 0 Å². The molecule has 2 aliphatic rings. The second-order valence-corrected chi connectivity index (χ2v) is 17.8. The summed E-state index contributed by atoms with van der Waals surface area (Å²) in [5.41, 5.74) is 20.2. The van der Waals surface area contributed by atoms with Crippen LogP contribution in [0.3, 0.4) is 0 Å². The van der Waals surface area contributed by atoms with E-state index in [9.17, 15) is 0 Å². The van der Waals surface area contributed by atoms with E-state index in [1.807, 2.05) is 0 Å². The topological polar surface area (TPSA) is 22.8 Å². The lowest BCUT2D eigenvalue weighted by Gasteiger charge is -2.30. The Morgan fingerprint density at radius 2 is 0.815 bits per heavy atom. The van der Waals surface area contributed by atoms with E-state index in [1.165, 1.54) is 93.5 Å². The van der Waals surface area contributed by atoms with Crippen molar-refractivity contribution in [1.82, 2.24) is 14.1 Å². The Morgan fingerprint density at radius 1 is 0.292 bits per heavy atom. The van der Waals surface area contributed by atoms with Crippen molar-refractivity contribution >= 4 is 65.3 Å². The average molecular weight is 824 g/mol. The number of nitrogens with zero attached hydrogens (tertiary/aromatic N) is 3. The molecule has 0 unspecified atom stereocenters. The minimum Gasteiger partial charge on any atom is -0.309 e. The monoisotopic (exact) mass is 823 g/mol. The first kappa shape index (κ1) is 35.0. The summed E-state index contributed by atoms with van der Waals surface area (Å²) in [5, 5.41) is 8.51. The Balaban J connectivity index is 0.999. The van der Waals surface area contributed by atoms with Crippen molar-refractivity contribution in [3.8, 4) is 44.9 Å². The van der Waals surface area contributed by atoms with Gasteiger partial charge in [-0.1, -0.05) is 158 Å². The highest BCUT2D eigenvalue weighted by atomic mass is 15.0. The molecule has 0 radical (unpaired) electrons. The molecule has 3 nitrogen and oxygen atoms in total. The number of fused-ring (bicyclic) bond motifs is 19. The Hall–Kier alpha value is -8.53. The molecular formula is C62H37N3. The fourth-order valence-electron chi connectivity index (χ4n) is 12.1. The first-order valence-corrected chi connectivity index (χ1v) is 22.5. The van der Waals surface area contributed by atoms with E-state index in [1.54, 1.807) is 0 Å². The summed E-state index contributed by atoms with van der Waals surface area (Å²) in [6, 6.07) is 83.1. The van der Waals surface area contributed by atoms with Gasteiger partial charge < -0.3 is 9.13 Å². The van der Waals surface area contributed by atoms with Crippen LogP contribution in [0.2, 0.25) is 0 Å². The number of benzene rings is 10. The molecule has 0 atom stereocenters. The molecule has 13 aromatic rings. The van der Waals surface area contributed by atoms with E-state index in [2.05, 4.69) is 234 Å². The van der Waals surface area contributed by atoms with Crippen molar-refractivity contribution in [3.63, 3.8) is 0 Å². The fourth-order valence-corrected chi connectivity index (χ4v) is 12.1. The summed E-state index contributed by atoms with van der Waals surface area (Å²) in [6.07, 6.45) is 0. The molecule has 3 heteroatoms. The zero-order valence-corrected chi connectivity index (χ0v) is 35.2. The zero-order chi connectivity index (χ0) is 42.4. The summed E-state index contributed by atoms with van der Waals surface area (Å²) < 4.78 is 4.87. The molecule has 3 heterocycles. The molecular weight excluding hydrogens is 787 g/mol. The lowest BCUT2D eigenvalue weighted by molar-refractivity contribution is 0.795. The number of pyridine rings is 1. The number of hydrogen-bond acceptors (Lipinski definition) is 1. The quantitative estimate of drug-likeness (QED) is 0.163. The molecule has 3 aromatic heterocycles. The molecule has 0 bridgehead atoms. The standard InChI is InChI=1S/C62H37N3/c1-2-18-39(19-3-1)64-57-31-14-8-25-45(57)49-35-50-46-26-9-15-32-58(46)65(60(50)37-59(49)64)40-20-16-17-38(33-40)61-51-34-48-43-23-6-12-29-54(43)62(55(48)36-47(51)44-24-7-13-30-56(44)63-61)52-27-10-4-21-41(52)42-22-5-11-28-53(42)62/h1-37H. The lowest BCUT2D eigenvalue weighted by Crippen LogP contribution is -2.25. The Morgan fingerprint density at radius 3 is 1.48 bits per heavy atom. The third-order valence-corrected chi connectivity index (χ3v) is 14.7. The number of aromatic nitrogens is 3. The molecule has 1 spiro atoms. The average Bonchev–Trinajstić information content (AvgIpc) is 4.07. The molecule has 0 amide bonds. The molecule has 10 aromatic carbocycles. The van der Waals surface area contributed by atoms with E-state index in [0.29, 0.717) is 0 Å². The smallest absolute Gasteiger partial charge is 0.0789 e. The van der Waals surface area contributed by atoms with E-state index < -0.39 is 5.41 Å². The van der Waals surface area contributed by atoms with Crippen LogP contribution >= 0.6 is 0 Å². The molecule has 0 N–H and O–H groups in total. The van der Waals surface area contributed by atoms with Crippen LogP contribution in [0.4, 0.5) is 0 Å². The van der Waals surface area contributed by atoms with Gasteiger partial charge >= 0.3 is 0 Å². The van der Waals surface area contributed by atoms with Gasteiger partial charge in [0.05, 0.1) is 38.7 Å². The number of para-hydroxylation sites is 4. The normalized spacial score (nSPS) is 13.4. The van der Waals surface area contributed by atoms with Gasteiger partial charge in [-0.25, -0.2) is 4.98 Å². The summed E-state index contributed by atoms with van der Waals surface area (Å²) >= 11 is 0. The largest absolute Gasteiger partial charge is 0.309 e. The third-order valence-electron chi connectivity index (χ3n) is 14.7. The van der Waals surface area contributed by atoms with Crippen LogP contribution < -0.4 is 0 Å². The van der Waals surface area contributed by atoms with E-state index >= 15 is 0 Å². The van der Waals surface area contributed by atoms with Gasteiger partial charge in [-0.15, -0.1) is 0 Å². The van der Waals surface area contributed by atoms with Crippen LogP contribution in [-0.4, -0.2) is 14.1 Å². The van der Waals surface area contributed by atoms with Crippen LogP contribution in [0, 0.1) is 0 Å². The predicted molar refractivity (Wildman–Crippen MR) is 270 cm³/mol. The van der Waals surface area contributed by atoms with Crippen LogP contribution in [0.5, 0.6) is 0 Å². The van der Waals surface area contributed by atoms with E-state index in [4.69, 9.17) is 4.98 Å². The Bertz CT molecular complexity index is 4140. The first-order valence-electron chi connectivity index (χ1n) is 22.5. The van der Waals surface area contributed by atoms with Crippen molar-refractivity contribution in [2.45, 2.75) is 5.41 Å². The van der Waals surface area contributed by atoms with Gasteiger partial charge in [0, 0.05) is 49.3 Å². The molecule has 300 valence electrons. The maximum absolute atomic E-state index is 5.56. The summed E-state index contributed by atoms with van der Waals surface area (Å²) in [4.78, 5) is 5.56. The molecule has 65 heavy (non-hydrogen) atoms. The van der Waals surface area contributed by atoms with Crippen molar-refractivity contribution in [1.29, 1.82) is 0 Å². The van der Waals surface area contributed by atoms with Crippen LogP contribution in [0.15, 0.2) is 224 Å². The second kappa shape index (κ2) is 12.8. The number of hydrogen-bond donors (Lipinski definition) is 0. The second-order valence-electron chi connectivity index (χ2n) is 17.8. The van der Waals surface area contributed by atoms with Gasteiger partial charge in [-0.05, 0) is 117 Å². The molecule has 0 aliphatic heterocycles. The molecule has 0 fully saturated rings. The van der Waals surface area contributed by atoms with Crippen LogP contribution in [0.25, 0.3) is 110 Å². The van der Waals surface area contributed by atoms with Crippen molar-refractivity contribution in [2.24, 2.45) is 0 Å². The van der Waals surface area contributed by atoms with E-state index in [0.717, 1.165) is 38.9 Å².